The fourth-order valence-corrected chi connectivity index (χ4v) is 1.57. The number of hydrogen-bond donors (Lipinski definition) is 1. The van der Waals surface area contributed by atoms with Crippen molar-refractivity contribution in [3.8, 4) is 6.07 Å². The molecule has 0 spiro atoms. The molecule has 0 fully saturated rings. The highest BCUT2D eigenvalue weighted by Crippen LogP contribution is 2.13. The van der Waals surface area contributed by atoms with E-state index in [1.807, 2.05) is 33.8 Å². The van der Waals surface area contributed by atoms with Gasteiger partial charge in [-0.3, -0.25) is 9.59 Å². The van der Waals surface area contributed by atoms with Crippen LogP contribution in [0.25, 0.3) is 0 Å². The Hall–Kier alpha value is -1.57. The summed E-state index contributed by atoms with van der Waals surface area (Å²) in [4.78, 5) is 25.1. The lowest BCUT2D eigenvalue weighted by atomic mass is 9.96. The maximum absolute atomic E-state index is 12.1. The molecule has 0 radical (unpaired) electrons. The zero-order valence-electron chi connectivity index (χ0n) is 11.9. The lowest BCUT2D eigenvalue weighted by molar-refractivity contribution is -0.138. The van der Waals surface area contributed by atoms with Crippen LogP contribution >= 0.6 is 0 Å². The zero-order chi connectivity index (χ0) is 14.3. The highest BCUT2D eigenvalue weighted by atomic mass is 16.2. The Balaban J connectivity index is 4.64. The molecule has 102 valence electrons. The van der Waals surface area contributed by atoms with E-state index in [1.165, 1.54) is 4.90 Å². The van der Waals surface area contributed by atoms with E-state index in [9.17, 15) is 9.59 Å². The highest BCUT2D eigenvalue weighted by molar-refractivity contribution is 5.87. The monoisotopic (exact) mass is 253 g/mol. The van der Waals surface area contributed by atoms with Gasteiger partial charge >= 0.3 is 0 Å². The predicted molar refractivity (Wildman–Crippen MR) is 69.5 cm³/mol. The van der Waals surface area contributed by atoms with Crippen LogP contribution in [0.2, 0.25) is 0 Å². The smallest absolute Gasteiger partial charge is 0.240 e. The lowest BCUT2D eigenvalue weighted by Gasteiger charge is -2.24. The van der Waals surface area contributed by atoms with E-state index in [2.05, 4.69) is 5.32 Å². The number of amides is 2. The Morgan fingerprint density at radius 1 is 1.28 bits per heavy atom. The van der Waals surface area contributed by atoms with Crippen LogP contribution in [0, 0.1) is 23.2 Å². The number of nitrogens with zero attached hydrogens (tertiary/aromatic N) is 2. The van der Waals surface area contributed by atoms with Crippen LogP contribution in [0.1, 0.15) is 34.6 Å². The molecule has 0 saturated carbocycles. The van der Waals surface area contributed by atoms with Crippen molar-refractivity contribution < 1.29 is 9.59 Å². The second-order valence-corrected chi connectivity index (χ2v) is 4.93. The number of nitriles is 1. The van der Waals surface area contributed by atoms with Crippen molar-refractivity contribution in [3.05, 3.63) is 0 Å². The Bertz CT molecular complexity index is 332. The highest BCUT2D eigenvalue weighted by Gasteiger charge is 2.27. The van der Waals surface area contributed by atoms with Gasteiger partial charge in [-0.25, -0.2) is 0 Å². The van der Waals surface area contributed by atoms with E-state index in [0.717, 1.165) is 0 Å². The Morgan fingerprint density at radius 2 is 1.83 bits per heavy atom. The van der Waals surface area contributed by atoms with Gasteiger partial charge in [-0.2, -0.15) is 5.26 Å². The average molecular weight is 253 g/mol. The predicted octanol–water partition coefficient (Wildman–Crippen LogP) is 1.16. The zero-order valence-corrected chi connectivity index (χ0v) is 11.9. The van der Waals surface area contributed by atoms with Crippen molar-refractivity contribution in [2.24, 2.45) is 11.8 Å². The van der Waals surface area contributed by atoms with E-state index in [-0.39, 0.29) is 30.3 Å². The Kier molecular flexibility index (Phi) is 7.03. The molecule has 0 bridgehead atoms. The summed E-state index contributed by atoms with van der Waals surface area (Å²) in [5.41, 5.74) is 0. The van der Waals surface area contributed by atoms with E-state index in [0.29, 0.717) is 6.54 Å². The molecule has 0 aliphatic heterocycles. The normalized spacial score (nSPS) is 12.1. The minimum atomic E-state index is -0.684. The summed E-state index contributed by atoms with van der Waals surface area (Å²) >= 11 is 0. The molecule has 5 heteroatoms. The van der Waals surface area contributed by atoms with Gasteiger partial charge in [0.25, 0.3) is 0 Å². The minimum absolute atomic E-state index is 0.0123. The molecular weight excluding hydrogens is 230 g/mol. The molecule has 0 saturated heterocycles. The van der Waals surface area contributed by atoms with Gasteiger partial charge in [-0.05, 0) is 26.7 Å². The van der Waals surface area contributed by atoms with Gasteiger partial charge < -0.3 is 10.2 Å². The third-order valence-electron chi connectivity index (χ3n) is 2.55. The minimum Gasteiger partial charge on any atom is -0.352 e. The SMILES string of the molecule is CCN(CC(=O)NC(C)C)C(=O)C(C#N)C(C)C. The van der Waals surface area contributed by atoms with Crippen LogP contribution in [0.5, 0.6) is 0 Å². The first-order valence-corrected chi connectivity index (χ1v) is 6.31. The first-order valence-electron chi connectivity index (χ1n) is 6.31. The lowest BCUT2D eigenvalue weighted by Crippen LogP contribution is -2.45. The molecule has 0 aromatic rings. The van der Waals surface area contributed by atoms with Gasteiger partial charge in [-0.15, -0.1) is 0 Å². The van der Waals surface area contributed by atoms with Crippen LogP contribution in [0.4, 0.5) is 0 Å². The Morgan fingerprint density at radius 3 is 2.17 bits per heavy atom. The van der Waals surface area contributed by atoms with E-state index in [1.54, 1.807) is 6.92 Å². The van der Waals surface area contributed by atoms with Crippen molar-refractivity contribution >= 4 is 11.8 Å². The van der Waals surface area contributed by atoms with Gasteiger partial charge in [0.1, 0.15) is 5.92 Å². The van der Waals surface area contributed by atoms with Crippen LogP contribution < -0.4 is 5.32 Å². The molecule has 18 heavy (non-hydrogen) atoms. The maximum atomic E-state index is 12.1. The molecule has 5 nitrogen and oxygen atoms in total. The van der Waals surface area contributed by atoms with Gasteiger partial charge in [-0.1, -0.05) is 13.8 Å². The molecule has 1 atom stereocenters. The number of nitrogens with one attached hydrogen (secondary N) is 1. The van der Waals surface area contributed by atoms with Crippen molar-refractivity contribution in [3.63, 3.8) is 0 Å². The third kappa shape index (κ3) is 5.17. The topological polar surface area (TPSA) is 73.2 Å². The summed E-state index contributed by atoms with van der Waals surface area (Å²) in [6, 6.07) is 2.05. The molecule has 0 aromatic carbocycles. The van der Waals surface area contributed by atoms with Gasteiger partial charge in [0, 0.05) is 12.6 Å². The maximum Gasteiger partial charge on any atom is 0.240 e. The first kappa shape index (κ1) is 16.4. The molecule has 2 amide bonds. The van der Waals surface area contributed by atoms with Crippen LogP contribution in [-0.4, -0.2) is 35.8 Å². The standard InChI is InChI=1S/C13H23N3O2/c1-6-16(8-12(17)15-10(4)5)13(18)11(7-14)9(2)3/h9-11H,6,8H2,1-5H3,(H,15,17). The number of rotatable bonds is 6. The van der Waals surface area contributed by atoms with Crippen molar-refractivity contribution in [2.75, 3.05) is 13.1 Å². The molecule has 0 rings (SSSR count). The number of carbonyl (C=O) groups excluding carboxylic acids is 2. The quantitative estimate of drug-likeness (QED) is 0.772. The summed E-state index contributed by atoms with van der Waals surface area (Å²) in [6.07, 6.45) is 0. The average Bonchev–Trinajstić information content (AvgIpc) is 2.24. The fourth-order valence-electron chi connectivity index (χ4n) is 1.57. The second kappa shape index (κ2) is 7.70. The molecular formula is C13H23N3O2. The number of carbonyl (C=O) groups is 2. The van der Waals surface area contributed by atoms with Gasteiger partial charge in [0.2, 0.25) is 11.8 Å². The molecule has 0 aliphatic carbocycles. The second-order valence-electron chi connectivity index (χ2n) is 4.93. The fraction of sp³-hybridized carbons (Fsp3) is 0.769. The van der Waals surface area contributed by atoms with Crippen molar-refractivity contribution in [2.45, 2.75) is 40.7 Å². The van der Waals surface area contributed by atoms with Crippen LogP contribution in [0.15, 0.2) is 0 Å². The molecule has 0 heterocycles. The first-order chi connectivity index (χ1) is 8.33. The van der Waals surface area contributed by atoms with Crippen molar-refractivity contribution in [1.29, 1.82) is 5.26 Å². The summed E-state index contributed by atoms with van der Waals surface area (Å²) in [5.74, 6) is -1.20. The summed E-state index contributed by atoms with van der Waals surface area (Å²) in [7, 11) is 0. The van der Waals surface area contributed by atoms with E-state index < -0.39 is 5.92 Å². The van der Waals surface area contributed by atoms with Crippen LogP contribution in [0.3, 0.4) is 0 Å². The molecule has 0 aromatic heterocycles. The van der Waals surface area contributed by atoms with Crippen LogP contribution in [-0.2, 0) is 9.59 Å². The largest absolute Gasteiger partial charge is 0.352 e. The number of hydrogen-bond acceptors (Lipinski definition) is 3. The molecule has 0 aliphatic rings. The summed E-state index contributed by atoms with van der Waals surface area (Å²) in [5, 5.41) is 11.7. The molecule has 1 N–H and O–H groups in total. The summed E-state index contributed by atoms with van der Waals surface area (Å²) < 4.78 is 0. The number of likely N-dealkylation sites (N-methyl/N-ethyl adjacent to an activating group) is 1. The summed E-state index contributed by atoms with van der Waals surface area (Å²) in [6.45, 7) is 9.62. The van der Waals surface area contributed by atoms with E-state index >= 15 is 0 Å². The third-order valence-corrected chi connectivity index (χ3v) is 2.55. The van der Waals surface area contributed by atoms with E-state index in [4.69, 9.17) is 5.26 Å². The van der Waals surface area contributed by atoms with Crippen molar-refractivity contribution in [1.82, 2.24) is 10.2 Å². The van der Waals surface area contributed by atoms with Gasteiger partial charge in [0.15, 0.2) is 0 Å². The Labute approximate surface area is 109 Å². The molecule has 1 unspecified atom stereocenters. The van der Waals surface area contributed by atoms with Gasteiger partial charge in [0.05, 0.1) is 12.6 Å².